The smallest absolute Gasteiger partial charge is 0.227 e. The molecule has 0 fully saturated rings. The quantitative estimate of drug-likeness (QED) is 0.283. The van der Waals surface area contributed by atoms with Gasteiger partial charge < -0.3 is 5.32 Å². The van der Waals surface area contributed by atoms with Gasteiger partial charge in [0.2, 0.25) is 5.91 Å². The molecule has 37 heavy (non-hydrogen) atoms. The maximum atomic E-state index is 13.3. The molecule has 0 spiro atoms. The van der Waals surface area contributed by atoms with Crippen LogP contribution in [0.5, 0.6) is 0 Å². The maximum Gasteiger partial charge on any atom is 0.227 e. The van der Waals surface area contributed by atoms with E-state index in [-0.39, 0.29) is 12.3 Å². The van der Waals surface area contributed by atoms with E-state index in [9.17, 15) is 4.79 Å². The summed E-state index contributed by atoms with van der Waals surface area (Å²) in [5.41, 5.74) is 6.05. The lowest BCUT2D eigenvalue weighted by molar-refractivity contribution is -0.116. The minimum atomic E-state index is -0.495. The van der Waals surface area contributed by atoms with Crippen molar-refractivity contribution in [2.24, 2.45) is 4.99 Å². The zero-order valence-electron chi connectivity index (χ0n) is 21.7. The fourth-order valence-electron chi connectivity index (χ4n) is 4.65. The second kappa shape index (κ2) is 10.2. The van der Waals surface area contributed by atoms with Crippen LogP contribution >= 0.6 is 22.9 Å². The number of rotatable bonds is 6. The van der Waals surface area contributed by atoms with Crippen molar-refractivity contribution in [2.45, 2.75) is 59.4 Å². The Balaban J connectivity index is 1.53. The SMILES string of the molecule is CCC(C)c1ccc(NC(=O)C[C@H]2N=C(c3ccc(Cl)cc3)c3c(sc(C)c3C)-n3c(C)nnc32)cc1. The van der Waals surface area contributed by atoms with E-state index < -0.39 is 6.04 Å². The molecule has 0 radical (unpaired) electrons. The van der Waals surface area contributed by atoms with Crippen LogP contribution in [0.1, 0.15) is 77.4 Å². The number of thiophene rings is 1. The minimum Gasteiger partial charge on any atom is -0.326 e. The first-order valence-corrected chi connectivity index (χ1v) is 13.7. The predicted molar refractivity (Wildman–Crippen MR) is 152 cm³/mol. The lowest BCUT2D eigenvalue weighted by Crippen LogP contribution is -2.17. The van der Waals surface area contributed by atoms with Gasteiger partial charge in [0.1, 0.15) is 16.9 Å². The monoisotopic (exact) mass is 531 g/mol. The summed E-state index contributed by atoms with van der Waals surface area (Å²) in [6.45, 7) is 10.6. The summed E-state index contributed by atoms with van der Waals surface area (Å²) in [5, 5.41) is 13.6. The fourth-order valence-corrected chi connectivity index (χ4v) is 5.99. The number of aryl methyl sites for hydroxylation is 2. The Bertz CT molecular complexity index is 1480. The van der Waals surface area contributed by atoms with Gasteiger partial charge in [0.15, 0.2) is 5.82 Å². The summed E-state index contributed by atoms with van der Waals surface area (Å²) < 4.78 is 2.06. The molecule has 190 valence electrons. The van der Waals surface area contributed by atoms with E-state index in [0.29, 0.717) is 16.8 Å². The van der Waals surface area contributed by atoms with Crippen molar-refractivity contribution in [1.29, 1.82) is 0 Å². The molecule has 1 N–H and O–H groups in total. The molecule has 2 aromatic carbocycles. The third-order valence-corrected chi connectivity index (χ3v) is 8.56. The summed E-state index contributed by atoms with van der Waals surface area (Å²) >= 11 is 7.89. The van der Waals surface area contributed by atoms with Gasteiger partial charge in [-0.1, -0.05) is 49.7 Å². The number of nitrogens with zero attached hydrogens (tertiary/aromatic N) is 4. The Morgan fingerprint density at radius 2 is 1.78 bits per heavy atom. The zero-order chi connectivity index (χ0) is 26.3. The van der Waals surface area contributed by atoms with Crippen LogP contribution in [0.4, 0.5) is 5.69 Å². The number of anilines is 1. The predicted octanol–water partition coefficient (Wildman–Crippen LogP) is 7.34. The highest BCUT2D eigenvalue weighted by Crippen LogP contribution is 2.39. The second-order valence-corrected chi connectivity index (χ2v) is 11.2. The number of hydrogen-bond acceptors (Lipinski definition) is 5. The number of nitrogens with one attached hydrogen (secondary N) is 1. The Morgan fingerprint density at radius 1 is 1.08 bits per heavy atom. The molecule has 0 aliphatic carbocycles. The number of hydrogen-bond donors (Lipinski definition) is 1. The number of carbonyl (C=O) groups excluding carboxylic acids is 1. The fraction of sp³-hybridized carbons (Fsp3) is 0.310. The third-order valence-electron chi connectivity index (χ3n) is 7.11. The second-order valence-electron chi connectivity index (χ2n) is 9.59. The Kier molecular flexibility index (Phi) is 7.01. The Hall–Kier alpha value is -3.29. The molecule has 1 unspecified atom stereocenters. The molecule has 0 saturated heterocycles. The number of benzene rings is 2. The zero-order valence-corrected chi connectivity index (χ0v) is 23.2. The van der Waals surface area contributed by atoms with Crippen molar-refractivity contribution in [3.63, 3.8) is 0 Å². The lowest BCUT2D eigenvalue weighted by atomic mass is 9.98. The van der Waals surface area contributed by atoms with E-state index in [1.807, 2.05) is 43.3 Å². The largest absolute Gasteiger partial charge is 0.326 e. The summed E-state index contributed by atoms with van der Waals surface area (Å²) in [6, 6.07) is 15.3. The summed E-state index contributed by atoms with van der Waals surface area (Å²) in [6.07, 6.45) is 1.22. The number of fused-ring (bicyclic) bond motifs is 3. The highest BCUT2D eigenvalue weighted by Gasteiger charge is 2.32. The molecule has 4 aromatic rings. The summed E-state index contributed by atoms with van der Waals surface area (Å²) in [7, 11) is 0. The maximum absolute atomic E-state index is 13.3. The van der Waals surface area contributed by atoms with Gasteiger partial charge in [-0.25, -0.2) is 0 Å². The lowest BCUT2D eigenvalue weighted by Gasteiger charge is -2.14. The van der Waals surface area contributed by atoms with Crippen LogP contribution in [-0.2, 0) is 4.79 Å². The van der Waals surface area contributed by atoms with Crippen molar-refractivity contribution in [3.8, 4) is 5.00 Å². The van der Waals surface area contributed by atoms with Crippen molar-refractivity contribution in [2.75, 3.05) is 5.32 Å². The molecular weight excluding hydrogens is 502 g/mol. The van der Waals surface area contributed by atoms with Crippen LogP contribution in [-0.4, -0.2) is 26.4 Å². The van der Waals surface area contributed by atoms with E-state index in [0.717, 1.165) is 39.8 Å². The molecular formula is C29H30ClN5OS. The summed E-state index contributed by atoms with van der Waals surface area (Å²) in [5.74, 6) is 1.81. The average Bonchev–Trinajstić information content (AvgIpc) is 3.36. The first-order chi connectivity index (χ1) is 17.8. The van der Waals surface area contributed by atoms with Crippen LogP contribution in [0.25, 0.3) is 5.00 Å². The number of amides is 1. The first kappa shape index (κ1) is 25.4. The highest BCUT2D eigenvalue weighted by atomic mass is 35.5. The van der Waals surface area contributed by atoms with Gasteiger partial charge >= 0.3 is 0 Å². The Morgan fingerprint density at radius 3 is 2.46 bits per heavy atom. The van der Waals surface area contributed by atoms with Crippen molar-refractivity contribution in [3.05, 3.63) is 92.3 Å². The average molecular weight is 532 g/mol. The van der Waals surface area contributed by atoms with Gasteiger partial charge in [-0.2, -0.15) is 0 Å². The molecule has 0 saturated carbocycles. The van der Waals surface area contributed by atoms with E-state index in [4.69, 9.17) is 16.6 Å². The van der Waals surface area contributed by atoms with Gasteiger partial charge in [0.25, 0.3) is 0 Å². The molecule has 8 heteroatoms. The van der Waals surface area contributed by atoms with Gasteiger partial charge in [0, 0.05) is 26.7 Å². The molecule has 3 heterocycles. The van der Waals surface area contributed by atoms with Gasteiger partial charge in [0.05, 0.1) is 12.1 Å². The molecule has 1 aliphatic heterocycles. The third kappa shape index (κ3) is 4.86. The van der Waals surface area contributed by atoms with Gasteiger partial charge in [-0.15, -0.1) is 21.5 Å². The van der Waals surface area contributed by atoms with E-state index in [2.05, 4.69) is 59.9 Å². The minimum absolute atomic E-state index is 0.120. The van der Waals surface area contributed by atoms with Crippen LogP contribution in [0, 0.1) is 20.8 Å². The Labute approximate surface area is 226 Å². The number of aromatic nitrogens is 3. The van der Waals surface area contributed by atoms with E-state index in [1.54, 1.807) is 11.3 Å². The van der Waals surface area contributed by atoms with E-state index >= 15 is 0 Å². The number of aliphatic imine (C=N–C) groups is 1. The van der Waals surface area contributed by atoms with E-state index in [1.165, 1.54) is 16.0 Å². The van der Waals surface area contributed by atoms with Crippen molar-refractivity contribution < 1.29 is 4.79 Å². The van der Waals surface area contributed by atoms with Crippen LogP contribution in [0.3, 0.4) is 0 Å². The topological polar surface area (TPSA) is 72.2 Å². The normalized spacial score (nSPS) is 15.4. The molecule has 5 rings (SSSR count). The van der Waals surface area contributed by atoms with Crippen molar-refractivity contribution in [1.82, 2.24) is 14.8 Å². The molecule has 1 amide bonds. The van der Waals surface area contributed by atoms with Crippen LogP contribution in [0.2, 0.25) is 5.02 Å². The van der Waals surface area contributed by atoms with Crippen molar-refractivity contribution >= 4 is 40.2 Å². The molecule has 2 atom stereocenters. The number of halogens is 1. The molecule has 2 aromatic heterocycles. The molecule has 6 nitrogen and oxygen atoms in total. The van der Waals surface area contributed by atoms with Gasteiger partial charge in [-0.3, -0.25) is 14.4 Å². The first-order valence-electron chi connectivity index (χ1n) is 12.5. The molecule has 0 bridgehead atoms. The van der Waals surface area contributed by atoms with Gasteiger partial charge in [-0.05, 0) is 68.5 Å². The molecule has 1 aliphatic rings. The number of carbonyl (C=O) groups is 1. The standard InChI is InChI=1S/C29H30ClN5OS/c1-6-16(2)20-9-13-23(14-10-20)31-25(36)15-24-28-34-33-19(5)35(28)29-26(17(3)18(4)37-29)27(32-24)21-7-11-22(30)12-8-21/h7-14,16,24H,6,15H2,1-5H3,(H,31,36)/t16?,24-/m1/s1. The highest BCUT2D eigenvalue weighted by molar-refractivity contribution is 7.15. The van der Waals surface area contributed by atoms with Crippen LogP contribution < -0.4 is 5.32 Å². The van der Waals surface area contributed by atoms with Crippen LogP contribution in [0.15, 0.2) is 53.5 Å². The summed E-state index contributed by atoms with van der Waals surface area (Å²) in [4.78, 5) is 19.6.